The number of carbonyl (C=O) groups is 2. The van der Waals surface area contributed by atoms with Crippen LogP contribution >= 0.6 is 11.3 Å². The zero-order valence-corrected chi connectivity index (χ0v) is 17.4. The fourth-order valence-electron chi connectivity index (χ4n) is 2.73. The van der Waals surface area contributed by atoms with Gasteiger partial charge in [-0.15, -0.1) is 11.3 Å². The van der Waals surface area contributed by atoms with Crippen LogP contribution in [0.4, 0.5) is 24.5 Å². The van der Waals surface area contributed by atoms with Gasteiger partial charge in [0, 0.05) is 23.9 Å². The molecule has 162 valence electrons. The smallest absolute Gasteiger partial charge is 0.416 e. The van der Waals surface area contributed by atoms with Gasteiger partial charge in [-0.2, -0.15) is 13.2 Å². The molecule has 3 rings (SSSR count). The molecule has 0 fully saturated rings. The summed E-state index contributed by atoms with van der Waals surface area (Å²) in [5.41, 5.74) is 1.07. The van der Waals surface area contributed by atoms with Crippen molar-refractivity contribution < 1.29 is 27.5 Å². The van der Waals surface area contributed by atoms with Gasteiger partial charge in [0.1, 0.15) is 10.8 Å². The first kappa shape index (κ1) is 22.3. The van der Waals surface area contributed by atoms with Gasteiger partial charge in [-0.1, -0.05) is 12.1 Å². The van der Waals surface area contributed by atoms with E-state index < -0.39 is 11.7 Å². The zero-order valence-electron chi connectivity index (χ0n) is 16.5. The van der Waals surface area contributed by atoms with Gasteiger partial charge in [-0.25, -0.2) is 4.98 Å². The maximum absolute atomic E-state index is 12.7. The Morgan fingerprint density at radius 1 is 1.06 bits per heavy atom. The number of methoxy groups -OCH3 is 1. The third-order valence-corrected chi connectivity index (χ3v) is 5.10. The summed E-state index contributed by atoms with van der Waals surface area (Å²) < 4.78 is 43.3. The van der Waals surface area contributed by atoms with Gasteiger partial charge in [-0.05, 0) is 24.3 Å². The van der Waals surface area contributed by atoms with Crippen LogP contribution in [0.5, 0.6) is 5.75 Å². The average Bonchev–Trinajstić information content (AvgIpc) is 3.16. The SMILES string of the molecule is COc1ccc(NC(C)=O)c(NC(=O)Cc2csc(-c3ccc(C(F)(F)F)cc3)n2)c1. The van der Waals surface area contributed by atoms with E-state index in [1.54, 1.807) is 23.6 Å². The highest BCUT2D eigenvalue weighted by Crippen LogP contribution is 2.32. The van der Waals surface area contributed by atoms with E-state index in [4.69, 9.17) is 4.74 Å². The minimum atomic E-state index is -4.40. The number of nitrogens with zero attached hydrogens (tertiary/aromatic N) is 1. The molecule has 31 heavy (non-hydrogen) atoms. The van der Waals surface area contributed by atoms with Gasteiger partial charge in [0.25, 0.3) is 0 Å². The number of rotatable bonds is 6. The van der Waals surface area contributed by atoms with Crippen molar-refractivity contribution in [3.63, 3.8) is 0 Å². The minimum absolute atomic E-state index is 0.0478. The second-order valence-corrected chi connectivity index (χ2v) is 7.39. The second kappa shape index (κ2) is 9.17. The summed E-state index contributed by atoms with van der Waals surface area (Å²) >= 11 is 1.23. The Bertz CT molecular complexity index is 1100. The Labute approximate surface area is 180 Å². The number of nitrogens with one attached hydrogen (secondary N) is 2. The summed E-state index contributed by atoms with van der Waals surface area (Å²) in [5, 5.41) is 7.53. The molecule has 2 N–H and O–H groups in total. The fourth-order valence-corrected chi connectivity index (χ4v) is 3.56. The van der Waals surface area contributed by atoms with E-state index in [-0.39, 0.29) is 18.2 Å². The lowest BCUT2D eigenvalue weighted by Crippen LogP contribution is -2.17. The molecule has 0 radical (unpaired) electrons. The van der Waals surface area contributed by atoms with Gasteiger partial charge >= 0.3 is 6.18 Å². The molecule has 0 aliphatic heterocycles. The van der Waals surface area contributed by atoms with E-state index in [2.05, 4.69) is 15.6 Å². The normalized spacial score (nSPS) is 11.1. The summed E-state index contributed by atoms with van der Waals surface area (Å²) in [6.45, 7) is 1.36. The molecule has 10 heteroatoms. The highest BCUT2D eigenvalue weighted by atomic mass is 32.1. The zero-order chi connectivity index (χ0) is 22.6. The number of aromatic nitrogens is 1. The van der Waals surface area contributed by atoms with Crippen molar-refractivity contribution in [3.8, 4) is 16.3 Å². The molecule has 0 saturated carbocycles. The van der Waals surface area contributed by atoms with Crippen LogP contribution < -0.4 is 15.4 Å². The van der Waals surface area contributed by atoms with Gasteiger partial charge in [0.15, 0.2) is 0 Å². The van der Waals surface area contributed by atoms with Crippen LogP contribution in [-0.2, 0) is 22.2 Å². The maximum Gasteiger partial charge on any atom is 0.416 e. The Hall–Kier alpha value is -3.40. The molecule has 0 aliphatic carbocycles. The van der Waals surface area contributed by atoms with Crippen LogP contribution in [0.2, 0.25) is 0 Å². The Kier molecular flexibility index (Phi) is 6.59. The Morgan fingerprint density at radius 2 is 1.77 bits per heavy atom. The molecule has 0 unspecified atom stereocenters. The van der Waals surface area contributed by atoms with E-state index in [9.17, 15) is 22.8 Å². The first-order valence-electron chi connectivity index (χ1n) is 9.03. The first-order chi connectivity index (χ1) is 14.7. The van der Waals surface area contributed by atoms with Gasteiger partial charge in [0.05, 0.1) is 36.2 Å². The number of benzene rings is 2. The van der Waals surface area contributed by atoms with Crippen molar-refractivity contribution >= 4 is 34.5 Å². The fraction of sp³-hybridized carbons (Fsp3) is 0.190. The van der Waals surface area contributed by atoms with E-state index >= 15 is 0 Å². The molecular weight excluding hydrogens is 431 g/mol. The maximum atomic E-state index is 12.7. The van der Waals surface area contributed by atoms with Crippen LogP contribution in [0.15, 0.2) is 47.8 Å². The summed E-state index contributed by atoms with van der Waals surface area (Å²) in [6, 6.07) is 9.53. The van der Waals surface area contributed by atoms with Crippen LogP contribution in [0.3, 0.4) is 0 Å². The standard InChI is InChI=1S/C21H18F3N3O3S/c1-12(28)25-17-8-7-16(30-2)10-18(17)27-19(29)9-15-11-31-20(26-15)13-3-5-14(6-4-13)21(22,23)24/h3-8,10-11H,9H2,1-2H3,(H,25,28)(H,27,29). The lowest BCUT2D eigenvalue weighted by Gasteiger charge is -2.12. The summed E-state index contributed by atoms with van der Waals surface area (Å²) in [5.74, 6) is -0.159. The number of amides is 2. The van der Waals surface area contributed by atoms with E-state index in [0.29, 0.717) is 33.4 Å². The molecule has 1 heterocycles. The predicted molar refractivity (Wildman–Crippen MR) is 112 cm³/mol. The topological polar surface area (TPSA) is 80.3 Å². The lowest BCUT2D eigenvalue weighted by molar-refractivity contribution is -0.137. The van der Waals surface area contributed by atoms with Crippen molar-refractivity contribution in [2.45, 2.75) is 19.5 Å². The number of thiazole rings is 1. The molecule has 0 aliphatic rings. The average molecular weight is 449 g/mol. The number of alkyl halides is 3. The summed E-state index contributed by atoms with van der Waals surface area (Å²) in [7, 11) is 1.48. The van der Waals surface area contributed by atoms with E-state index in [0.717, 1.165) is 12.1 Å². The number of hydrogen-bond donors (Lipinski definition) is 2. The van der Waals surface area contributed by atoms with Gasteiger partial charge in [0.2, 0.25) is 11.8 Å². The monoisotopic (exact) mass is 449 g/mol. The summed E-state index contributed by atoms with van der Waals surface area (Å²) in [6.07, 6.45) is -4.45. The van der Waals surface area contributed by atoms with Gasteiger partial charge in [-0.3, -0.25) is 9.59 Å². The van der Waals surface area contributed by atoms with Gasteiger partial charge < -0.3 is 15.4 Å². The van der Waals surface area contributed by atoms with Crippen LogP contribution in [-0.4, -0.2) is 23.9 Å². The molecule has 0 spiro atoms. The number of hydrogen-bond acceptors (Lipinski definition) is 5. The van der Waals surface area contributed by atoms with E-state index in [1.807, 2.05) is 0 Å². The predicted octanol–water partition coefficient (Wildman–Crippen LogP) is 4.98. The van der Waals surface area contributed by atoms with Crippen molar-refractivity contribution in [2.75, 3.05) is 17.7 Å². The highest BCUT2D eigenvalue weighted by Gasteiger charge is 2.30. The molecule has 0 atom stereocenters. The van der Waals surface area contributed by atoms with E-state index in [1.165, 1.54) is 37.5 Å². The molecular formula is C21H18F3N3O3S. The Morgan fingerprint density at radius 3 is 2.39 bits per heavy atom. The van der Waals surface area contributed by atoms with Crippen molar-refractivity contribution in [1.82, 2.24) is 4.98 Å². The molecule has 1 aromatic heterocycles. The third kappa shape index (κ3) is 5.82. The number of ether oxygens (including phenoxy) is 1. The molecule has 2 amide bonds. The second-order valence-electron chi connectivity index (χ2n) is 6.54. The summed E-state index contributed by atoms with van der Waals surface area (Å²) in [4.78, 5) is 28.2. The van der Waals surface area contributed by atoms with Crippen molar-refractivity contribution in [2.24, 2.45) is 0 Å². The molecule has 3 aromatic rings. The van der Waals surface area contributed by atoms with Crippen LogP contribution in [0.1, 0.15) is 18.2 Å². The number of carbonyl (C=O) groups excluding carboxylic acids is 2. The lowest BCUT2D eigenvalue weighted by atomic mass is 10.1. The highest BCUT2D eigenvalue weighted by molar-refractivity contribution is 7.13. The quantitative estimate of drug-likeness (QED) is 0.557. The molecule has 0 saturated heterocycles. The van der Waals surface area contributed by atoms with Crippen LogP contribution in [0.25, 0.3) is 10.6 Å². The van der Waals surface area contributed by atoms with Crippen molar-refractivity contribution in [3.05, 3.63) is 59.1 Å². The number of halogens is 3. The molecule has 0 bridgehead atoms. The molecule has 6 nitrogen and oxygen atoms in total. The first-order valence-corrected chi connectivity index (χ1v) is 9.91. The Balaban J connectivity index is 1.71. The third-order valence-electron chi connectivity index (χ3n) is 4.16. The van der Waals surface area contributed by atoms with Crippen molar-refractivity contribution in [1.29, 1.82) is 0 Å². The number of anilines is 2. The minimum Gasteiger partial charge on any atom is -0.497 e. The largest absolute Gasteiger partial charge is 0.497 e. The van der Waals surface area contributed by atoms with Crippen LogP contribution in [0, 0.1) is 0 Å². The molecule has 2 aromatic carbocycles.